The maximum Gasteiger partial charge on any atom is 0.234 e. The molecule has 2 saturated heterocycles. The molecule has 0 saturated carbocycles. The highest BCUT2D eigenvalue weighted by atomic mass is 16.5. The fourth-order valence-electron chi connectivity index (χ4n) is 2.46. The zero-order valence-electron chi connectivity index (χ0n) is 10.6. The Kier molecular flexibility index (Phi) is 4.01. The molecule has 0 radical (unpaired) electrons. The van der Waals surface area contributed by atoms with E-state index in [0.717, 1.165) is 39.0 Å². The average Bonchev–Trinajstić information content (AvgIpc) is 2.68. The number of hydrogen-bond acceptors (Lipinski definition) is 4. The van der Waals surface area contributed by atoms with E-state index in [9.17, 15) is 4.79 Å². The summed E-state index contributed by atoms with van der Waals surface area (Å²) in [5.74, 6) is 0.105. The van der Waals surface area contributed by atoms with Gasteiger partial charge in [-0.05, 0) is 26.2 Å². The van der Waals surface area contributed by atoms with Crippen molar-refractivity contribution in [2.45, 2.75) is 37.8 Å². The van der Waals surface area contributed by atoms with Gasteiger partial charge in [0, 0.05) is 25.7 Å². The van der Waals surface area contributed by atoms with Crippen LogP contribution in [0.2, 0.25) is 0 Å². The van der Waals surface area contributed by atoms with Crippen LogP contribution in [0.1, 0.15) is 26.2 Å². The minimum absolute atomic E-state index is 0.105. The van der Waals surface area contributed by atoms with Crippen LogP contribution >= 0.6 is 0 Å². The SMILES string of the molecule is CC1(NC(=O)CN2CCC(N)CC2)CCOC1. The van der Waals surface area contributed by atoms with Gasteiger partial charge in [0.15, 0.2) is 0 Å². The van der Waals surface area contributed by atoms with Crippen LogP contribution in [0.3, 0.4) is 0 Å². The van der Waals surface area contributed by atoms with Crippen molar-refractivity contribution in [3.05, 3.63) is 0 Å². The Morgan fingerprint density at radius 3 is 2.82 bits per heavy atom. The topological polar surface area (TPSA) is 67.6 Å². The lowest BCUT2D eigenvalue weighted by Gasteiger charge is -2.31. The van der Waals surface area contributed by atoms with Gasteiger partial charge in [0.1, 0.15) is 0 Å². The number of carbonyl (C=O) groups is 1. The highest BCUT2D eigenvalue weighted by Gasteiger charge is 2.31. The zero-order valence-corrected chi connectivity index (χ0v) is 10.6. The van der Waals surface area contributed by atoms with E-state index in [2.05, 4.69) is 10.2 Å². The molecular formula is C12H23N3O2. The van der Waals surface area contributed by atoms with Gasteiger partial charge in [0.05, 0.1) is 18.7 Å². The summed E-state index contributed by atoms with van der Waals surface area (Å²) in [5.41, 5.74) is 5.67. The number of ether oxygens (including phenoxy) is 1. The van der Waals surface area contributed by atoms with Gasteiger partial charge in [0.25, 0.3) is 0 Å². The Balaban J connectivity index is 1.73. The van der Waals surface area contributed by atoms with Crippen molar-refractivity contribution in [3.8, 4) is 0 Å². The number of nitrogens with one attached hydrogen (secondary N) is 1. The van der Waals surface area contributed by atoms with Gasteiger partial charge >= 0.3 is 0 Å². The second-order valence-electron chi connectivity index (χ2n) is 5.53. The number of amides is 1. The van der Waals surface area contributed by atoms with Crippen molar-refractivity contribution in [2.24, 2.45) is 5.73 Å². The van der Waals surface area contributed by atoms with Crippen LogP contribution in [-0.4, -0.2) is 55.2 Å². The molecule has 0 aromatic heterocycles. The molecule has 2 heterocycles. The van der Waals surface area contributed by atoms with Crippen LogP contribution in [-0.2, 0) is 9.53 Å². The lowest BCUT2D eigenvalue weighted by Crippen LogP contribution is -2.51. The highest BCUT2D eigenvalue weighted by Crippen LogP contribution is 2.17. The average molecular weight is 241 g/mol. The van der Waals surface area contributed by atoms with E-state index in [-0.39, 0.29) is 11.4 Å². The van der Waals surface area contributed by atoms with Crippen molar-refractivity contribution in [1.29, 1.82) is 0 Å². The largest absolute Gasteiger partial charge is 0.379 e. The molecule has 2 rings (SSSR count). The molecule has 0 aliphatic carbocycles. The smallest absolute Gasteiger partial charge is 0.234 e. The molecule has 0 aromatic carbocycles. The van der Waals surface area contributed by atoms with E-state index in [1.807, 2.05) is 6.92 Å². The van der Waals surface area contributed by atoms with E-state index in [1.165, 1.54) is 0 Å². The van der Waals surface area contributed by atoms with E-state index in [4.69, 9.17) is 10.5 Å². The Morgan fingerprint density at radius 1 is 1.53 bits per heavy atom. The van der Waals surface area contributed by atoms with Gasteiger partial charge in [-0.1, -0.05) is 0 Å². The molecule has 0 spiro atoms. The maximum atomic E-state index is 11.9. The summed E-state index contributed by atoms with van der Waals surface area (Å²) in [6, 6.07) is 0.315. The van der Waals surface area contributed by atoms with Gasteiger partial charge in [0.2, 0.25) is 5.91 Å². The predicted octanol–water partition coefficient (Wildman–Crippen LogP) is -0.295. The first-order chi connectivity index (χ1) is 8.07. The molecule has 1 amide bonds. The standard InChI is InChI=1S/C12H23N3O2/c1-12(4-7-17-9-12)14-11(16)8-15-5-2-10(13)3-6-15/h10H,2-9,13H2,1H3,(H,14,16). The van der Waals surface area contributed by atoms with Crippen LogP contribution in [0.15, 0.2) is 0 Å². The summed E-state index contributed by atoms with van der Waals surface area (Å²) in [7, 11) is 0. The van der Waals surface area contributed by atoms with Gasteiger partial charge in [-0.15, -0.1) is 0 Å². The molecular weight excluding hydrogens is 218 g/mol. The van der Waals surface area contributed by atoms with Crippen LogP contribution in [0.25, 0.3) is 0 Å². The first-order valence-corrected chi connectivity index (χ1v) is 6.44. The molecule has 17 heavy (non-hydrogen) atoms. The number of hydrogen-bond donors (Lipinski definition) is 2. The third-order valence-corrected chi connectivity index (χ3v) is 3.66. The molecule has 0 bridgehead atoms. The van der Waals surface area contributed by atoms with E-state index >= 15 is 0 Å². The first kappa shape index (κ1) is 12.8. The second kappa shape index (κ2) is 5.33. The third-order valence-electron chi connectivity index (χ3n) is 3.66. The summed E-state index contributed by atoms with van der Waals surface area (Å²) in [4.78, 5) is 14.1. The summed E-state index contributed by atoms with van der Waals surface area (Å²) >= 11 is 0. The minimum atomic E-state index is -0.163. The zero-order chi connectivity index (χ0) is 12.3. The van der Waals surface area contributed by atoms with Gasteiger partial charge in [-0.3, -0.25) is 9.69 Å². The van der Waals surface area contributed by atoms with Crippen LogP contribution < -0.4 is 11.1 Å². The van der Waals surface area contributed by atoms with Crippen molar-refractivity contribution in [1.82, 2.24) is 10.2 Å². The summed E-state index contributed by atoms with van der Waals surface area (Å²) in [5, 5.41) is 3.08. The molecule has 3 N–H and O–H groups in total. The fourth-order valence-corrected chi connectivity index (χ4v) is 2.46. The normalized spacial score (nSPS) is 31.6. The van der Waals surface area contributed by atoms with Gasteiger partial charge < -0.3 is 15.8 Å². The van der Waals surface area contributed by atoms with Crippen LogP contribution in [0.4, 0.5) is 0 Å². The quantitative estimate of drug-likeness (QED) is 0.712. The molecule has 1 unspecified atom stereocenters. The van der Waals surface area contributed by atoms with Crippen molar-refractivity contribution in [2.75, 3.05) is 32.8 Å². The number of likely N-dealkylation sites (tertiary alicyclic amines) is 1. The minimum Gasteiger partial charge on any atom is -0.379 e. The lowest BCUT2D eigenvalue weighted by atomic mass is 10.0. The summed E-state index contributed by atoms with van der Waals surface area (Å²) in [6.45, 7) is 5.77. The number of nitrogens with zero attached hydrogens (tertiary/aromatic N) is 1. The molecule has 98 valence electrons. The maximum absolute atomic E-state index is 11.9. The first-order valence-electron chi connectivity index (χ1n) is 6.44. The molecule has 2 aliphatic rings. The molecule has 5 nitrogen and oxygen atoms in total. The predicted molar refractivity (Wildman–Crippen MR) is 65.6 cm³/mol. The lowest BCUT2D eigenvalue weighted by molar-refractivity contribution is -0.124. The summed E-state index contributed by atoms with van der Waals surface area (Å²) in [6.07, 6.45) is 2.89. The third kappa shape index (κ3) is 3.66. The van der Waals surface area contributed by atoms with Gasteiger partial charge in [-0.25, -0.2) is 0 Å². The van der Waals surface area contributed by atoms with E-state index < -0.39 is 0 Å². The highest BCUT2D eigenvalue weighted by molar-refractivity contribution is 5.78. The van der Waals surface area contributed by atoms with Crippen LogP contribution in [0.5, 0.6) is 0 Å². The molecule has 2 fully saturated rings. The Hall–Kier alpha value is -0.650. The summed E-state index contributed by atoms with van der Waals surface area (Å²) < 4.78 is 5.32. The van der Waals surface area contributed by atoms with Gasteiger partial charge in [-0.2, -0.15) is 0 Å². The van der Waals surface area contributed by atoms with Crippen molar-refractivity contribution >= 4 is 5.91 Å². The van der Waals surface area contributed by atoms with E-state index in [1.54, 1.807) is 0 Å². The van der Waals surface area contributed by atoms with Crippen molar-refractivity contribution in [3.63, 3.8) is 0 Å². The monoisotopic (exact) mass is 241 g/mol. The Labute approximate surface area is 103 Å². The Morgan fingerprint density at radius 2 is 2.24 bits per heavy atom. The molecule has 1 atom stereocenters. The van der Waals surface area contributed by atoms with Crippen molar-refractivity contribution < 1.29 is 9.53 Å². The number of nitrogens with two attached hydrogens (primary N) is 1. The fraction of sp³-hybridized carbons (Fsp3) is 0.917. The van der Waals surface area contributed by atoms with Crippen LogP contribution in [0, 0.1) is 0 Å². The Bertz CT molecular complexity index is 269. The number of piperidine rings is 1. The number of carbonyl (C=O) groups excluding carboxylic acids is 1. The molecule has 0 aromatic rings. The molecule has 2 aliphatic heterocycles. The molecule has 5 heteroatoms. The second-order valence-corrected chi connectivity index (χ2v) is 5.53. The number of rotatable bonds is 3. The van der Waals surface area contributed by atoms with E-state index in [0.29, 0.717) is 19.2 Å².